The van der Waals surface area contributed by atoms with E-state index in [-0.39, 0.29) is 17.3 Å². The molecule has 1 rings (SSSR count). The number of sulfonamides is 1. The van der Waals surface area contributed by atoms with E-state index >= 15 is 0 Å². The predicted molar refractivity (Wildman–Crippen MR) is 80.6 cm³/mol. The largest absolute Gasteiger partial charge is 0.493 e. The number of rotatable bonds is 9. The SMILES string of the molecule is CCCCOC(=O)CNS(=O)(=O)c1ccc(OC)c(OC)c1. The van der Waals surface area contributed by atoms with Crippen LogP contribution >= 0.6 is 0 Å². The van der Waals surface area contributed by atoms with E-state index in [0.29, 0.717) is 5.75 Å². The highest BCUT2D eigenvalue weighted by atomic mass is 32.2. The van der Waals surface area contributed by atoms with Crippen LogP contribution in [0.25, 0.3) is 0 Å². The average molecular weight is 331 g/mol. The van der Waals surface area contributed by atoms with Gasteiger partial charge in [0.05, 0.1) is 25.7 Å². The average Bonchev–Trinajstić information content (AvgIpc) is 2.52. The van der Waals surface area contributed by atoms with Crippen LogP contribution in [0.4, 0.5) is 0 Å². The first-order valence-corrected chi connectivity index (χ1v) is 8.30. The van der Waals surface area contributed by atoms with Crippen LogP contribution < -0.4 is 14.2 Å². The van der Waals surface area contributed by atoms with E-state index < -0.39 is 22.5 Å². The van der Waals surface area contributed by atoms with Crippen molar-refractivity contribution in [3.63, 3.8) is 0 Å². The highest BCUT2D eigenvalue weighted by molar-refractivity contribution is 7.89. The molecule has 1 N–H and O–H groups in total. The second kappa shape index (κ2) is 8.60. The van der Waals surface area contributed by atoms with Crippen LogP contribution in [0.3, 0.4) is 0 Å². The molecule has 0 fully saturated rings. The Bertz CT molecular complexity index is 599. The van der Waals surface area contributed by atoms with Crippen LogP contribution in [0, 0.1) is 0 Å². The Balaban J connectivity index is 2.72. The summed E-state index contributed by atoms with van der Waals surface area (Å²) in [6, 6.07) is 4.17. The van der Waals surface area contributed by atoms with Crippen LogP contribution in [-0.2, 0) is 19.6 Å². The van der Waals surface area contributed by atoms with Gasteiger partial charge in [0.15, 0.2) is 11.5 Å². The fourth-order valence-electron chi connectivity index (χ4n) is 1.60. The molecule has 8 heteroatoms. The first kappa shape index (κ1) is 18.2. The van der Waals surface area contributed by atoms with Crippen LogP contribution in [-0.4, -0.2) is 41.8 Å². The van der Waals surface area contributed by atoms with E-state index in [0.717, 1.165) is 12.8 Å². The van der Waals surface area contributed by atoms with Crippen LogP contribution in [0.15, 0.2) is 23.1 Å². The van der Waals surface area contributed by atoms with Gasteiger partial charge in [-0.05, 0) is 18.6 Å². The monoisotopic (exact) mass is 331 g/mol. The molecule has 1 aromatic carbocycles. The second-order valence-corrected chi connectivity index (χ2v) is 6.18. The molecule has 0 spiro atoms. The minimum atomic E-state index is -3.83. The lowest BCUT2D eigenvalue weighted by atomic mass is 10.3. The third kappa shape index (κ3) is 5.19. The van der Waals surface area contributed by atoms with Crippen molar-refractivity contribution in [2.45, 2.75) is 24.7 Å². The van der Waals surface area contributed by atoms with Crippen molar-refractivity contribution in [3.8, 4) is 11.5 Å². The summed E-state index contributed by atoms with van der Waals surface area (Å²) in [7, 11) is -0.965. The lowest BCUT2D eigenvalue weighted by Crippen LogP contribution is -2.30. The Morgan fingerprint density at radius 2 is 1.86 bits per heavy atom. The molecule has 0 saturated heterocycles. The zero-order valence-corrected chi connectivity index (χ0v) is 13.7. The van der Waals surface area contributed by atoms with Gasteiger partial charge in [-0.25, -0.2) is 8.42 Å². The molecule has 22 heavy (non-hydrogen) atoms. The summed E-state index contributed by atoms with van der Waals surface area (Å²) < 4.78 is 41.4. The fraction of sp³-hybridized carbons (Fsp3) is 0.500. The lowest BCUT2D eigenvalue weighted by Gasteiger charge is -2.11. The number of hydrogen-bond donors (Lipinski definition) is 1. The molecule has 0 heterocycles. The molecule has 0 aliphatic rings. The summed E-state index contributed by atoms with van der Waals surface area (Å²) in [5.74, 6) is 0.0915. The number of benzene rings is 1. The Kier molecular flexibility index (Phi) is 7.13. The van der Waals surface area contributed by atoms with Gasteiger partial charge in [0.1, 0.15) is 6.54 Å². The van der Waals surface area contributed by atoms with Crippen molar-refractivity contribution in [2.75, 3.05) is 27.4 Å². The van der Waals surface area contributed by atoms with Crippen molar-refractivity contribution in [3.05, 3.63) is 18.2 Å². The molecule has 0 radical (unpaired) electrons. The maximum atomic E-state index is 12.1. The number of carbonyl (C=O) groups is 1. The number of hydrogen-bond acceptors (Lipinski definition) is 6. The van der Waals surface area contributed by atoms with Gasteiger partial charge in [0.25, 0.3) is 0 Å². The summed E-state index contributed by atoms with van der Waals surface area (Å²) >= 11 is 0. The van der Waals surface area contributed by atoms with E-state index in [9.17, 15) is 13.2 Å². The number of esters is 1. The topological polar surface area (TPSA) is 90.9 Å². The minimum absolute atomic E-state index is 0.0218. The van der Waals surface area contributed by atoms with Crippen molar-refractivity contribution >= 4 is 16.0 Å². The molecule has 124 valence electrons. The molecule has 0 unspecified atom stereocenters. The number of unbranched alkanes of at least 4 members (excludes halogenated alkanes) is 1. The zero-order chi connectivity index (χ0) is 16.6. The lowest BCUT2D eigenvalue weighted by molar-refractivity contribution is -0.142. The minimum Gasteiger partial charge on any atom is -0.493 e. The van der Waals surface area contributed by atoms with E-state index in [1.165, 1.54) is 32.4 Å². The standard InChI is InChI=1S/C14H21NO6S/c1-4-5-8-21-14(16)10-15-22(17,18)11-6-7-12(19-2)13(9-11)20-3/h6-7,9,15H,4-5,8,10H2,1-3H3. The second-order valence-electron chi connectivity index (χ2n) is 4.42. The fourth-order valence-corrected chi connectivity index (χ4v) is 2.59. The van der Waals surface area contributed by atoms with E-state index in [1.807, 2.05) is 6.92 Å². The summed E-state index contributed by atoms with van der Waals surface area (Å²) in [5, 5.41) is 0. The first-order chi connectivity index (χ1) is 10.4. The van der Waals surface area contributed by atoms with Crippen molar-refractivity contribution < 1.29 is 27.4 Å². The van der Waals surface area contributed by atoms with E-state index in [4.69, 9.17) is 14.2 Å². The maximum Gasteiger partial charge on any atom is 0.321 e. The zero-order valence-electron chi connectivity index (χ0n) is 12.9. The Labute approximate surface area is 130 Å². The third-order valence-electron chi connectivity index (χ3n) is 2.83. The number of ether oxygens (including phenoxy) is 3. The molecule has 0 bridgehead atoms. The molecule has 0 saturated carbocycles. The molecule has 0 atom stereocenters. The highest BCUT2D eigenvalue weighted by Crippen LogP contribution is 2.29. The van der Waals surface area contributed by atoms with Gasteiger partial charge in [-0.2, -0.15) is 4.72 Å². The van der Waals surface area contributed by atoms with Gasteiger partial charge in [-0.1, -0.05) is 13.3 Å². The van der Waals surface area contributed by atoms with Gasteiger partial charge in [-0.15, -0.1) is 0 Å². The summed E-state index contributed by atoms with van der Waals surface area (Å²) in [6.45, 7) is 1.83. The van der Waals surface area contributed by atoms with Crippen molar-refractivity contribution in [1.29, 1.82) is 0 Å². The van der Waals surface area contributed by atoms with Gasteiger partial charge < -0.3 is 14.2 Å². The van der Waals surface area contributed by atoms with E-state index in [2.05, 4.69) is 4.72 Å². The molecule has 7 nitrogen and oxygen atoms in total. The molecule has 0 aliphatic heterocycles. The molecule has 0 aromatic heterocycles. The molecule has 1 aromatic rings. The van der Waals surface area contributed by atoms with Gasteiger partial charge >= 0.3 is 5.97 Å². The Morgan fingerprint density at radius 1 is 1.18 bits per heavy atom. The Hall–Kier alpha value is -1.80. The quantitative estimate of drug-likeness (QED) is 0.542. The van der Waals surface area contributed by atoms with Gasteiger partial charge in [0, 0.05) is 6.07 Å². The molecule has 0 amide bonds. The molecular weight excluding hydrogens is 310 g/mol. The number of nitrogens with one attached hydrogen (secondary N) is 1. The third-order valence-corrected chi connectivity index (χ3v) is 4.23. The van der Waals surface area contributed by atoms with E-state index in [1.54, 1.807) is 0 Å². The molecule has 0 aliphatic carbocycles. The van der Waals surface area contributed by atoms with Crippen LogP contribution in [0.2, 0.25) is 0 Å². The van der Waals surface area contributed by atoms with Gasteiger partial charge in [0.2, 0.25) is 10.0 Å². The van der Waals surface area contributed by atoms with Crippen molar-refractivity contribution in [2.24, 2.45) is 0 Å². The normalized spacial score (nSPS) is 11.0. The number of methoxy groups -OCH3 is 2. The first-order valence-electron chi connectivity index (χ1n) is 6.82. The number of carbonyl (C=O) groups excluding carboxylic acids is 1. The van der Waals surface area contributed by atoms with Crippen LogP contribution in [0.1, 0.15) is 19.8 Å². The van der Waals surface area contributed by atoms with Crippen molar-refractivity contribution in [1.82, 2.24) is 4.72 Å². The summed E-state index contributed by atoms with van der Waals surface area (Å²) in [6.07, 6.45) is 1.64. The maximum absolute atomic E-state index is 12.1. The van der Waals surface area contributed by atoms with Gasteiger partial charge in [-0.3, -0.25) is 4.79 Å². The highest BCUT2D eigenvalue weighted by Gasteiger charge is 2.18. The molecular formula is C14H21NO6S. The summed E-state index contributed by atoms with van der Waals surface area (Å²) in [5.41, 5.74) is 0. The smallest absolute Gasteiger partial charge is 0.321 e. The predicted octanol–water partition coefficient (Wildman–Crippen LogP) is 1.33. The Morgan fingerprint density at radius 3 is 2.45 bits per heavy atom. The summed E-state index contributed by atoms with van der Waals surface area (Å²) in [4.78, 5) is 11.4. The van der Waals surface area contributed by atoms with Crippen LogP contribution in [0.5, 0.6) is 11.5 Å².